The summed E-state index contributed by atoms with van der Waals surface area (Å²) in [5.41, 5.74) is 9.02. The Morgan fingerprint density at radius 1 is 0.850 bits per heavy atom. The molecule has 4 rings (SSSR count). The number of anilines is 2. The summed E-state index contributed by atoms with van der Waals surface area (Å²) >= 11 is 4.93. The van der Waals surface area contributed by atoms with Crippen LogP contribution in [-0.4, -0.2) is 72.1 Å². The number of nitro groups is 2. The van der Waals surface area contributed by atoms with E-state index in [9.17, 15) is 25.5 Å². The lowest BCUT2D eigenvalue weighted by molar-refractivity contribution is -0.385. The lowest BCUT2D eigenvalue weighted by Crippen LogP contribution is -2.31. The highest BCUT2D eigenvalue weighted by Gasteiger charge is 2.19. The topological polar surface area (TPSA) is 158 Å². The molecule has 0 saturated carbocycles. The van der Waals surface area contributed by atoms with Crippen molar-refractivity contribution < 1.29 is 9.85 Å². The predicted molar refractivity (Wildman–Crippen MR) is 159 cm³/mol. The molecule has 0 radical (unpaired) electrons. The second-order valence-electron chi connectivity index (χ2n) is 9.40. The molecule has 0 unspecified atom stereocenters. The quantitative estimate of drug-likeness (QED) is 0.173. The molecule has 0 aromatic heterocycles. The Balaban J connectivity index is 0.000000238. The average Bonchev–Trinajstić information content (AvgIpc) is 3.38. The minimum Gasteiger partial charge on any atom is -0.389 e. The van der Waals surface area contributed by atoms with Gasteiger partial charge in [-0.3, -0.25) is 20.2 Å². The van der Waals surface area contributed by atoms with Crippen LogP contribution in [0, 0.1) is 31.6 Å². The number of rotatable bonds is 6. The van der Waals surface area contributed by atoms with Gasteiger partial charge in [-0.2, -0.15) is 5.26 Å². The summed E-state index contributed by atoms with van der Waals surface area (Å²) in [6, 6.07) is 15.4. The molecule has 12 nitrogen and oxygen atoms in total. The van der Waals surface area contributed by atoms with Crippen LogP contribution in [0.3, 0.4) is 0 Å². The molecule has 0 spiro atoms. The first-order chi connectivity index (χ1) is 19.2. The van der Waals surface area contributed by atoms with Gasteiger partial charge in [-0.25, -0.2) is 0 Å². The molecular formula is C27H34N8O4S. The summed E-state index contributed by atoms with van der Waals surface area (Å²) in [4.78, 5) is 27.2. The van der Waals surface area contributed by atoms with Gasteiger partial charge in [-0.1, -0.05) is 12.2 Å². The second kappa shape index (κ2) is 14.8. The van der Waals surface area contributed by atoms with E-state index in [4.69, 9.17) is 18.0 Å². The zero-order valence-corrected chi connectivity index (χ0v) is 23.3. The van der Waals surface area contributed by atoms with Gasteiger partial charge in [0.15, 0.2) is 0 Å². The van der Waals surface area contributed by atoms with Crippen LogP contribution in [0.15, 0.2) is 59.8 Å². The van der Waals surface area contributed by atoms with Gasteiger partial charge < -0.3 is 25.8 Å². The molecule has 13 heteroatoms. The predicted octanol–water partition coefficient (Wildman–Crippen LogP) is 3.59. The summed E-state index contributed by atoms with van der Waals surface area (Å²) < 4.78 is 0. The highest BCUT2D eigenvalue weighted by atomic mass is 32.1. The molecule has 0 atom stereocenters. The number of nitrogens with zero attached hydrogens (tertiary/aromatic N) is 6. The van der Waals surface area contributed by atoms with Crippen molar-refractivity contribution in [3.63, 3.8) is 0 Å². The van der Waals surface area contributed by atoms with Gasteiger partial charge in [-0.05, 0) is 50.6 Å². The molecule has 2 aromatic rings. The lowest BCUT2D eigenvalue weighted by Gasteiger charge is -2.25. The number of hydrogen-bond donors (Lipinski definition) is 2. The van der Waals surface area contributed by atoms with Crippen molar-refractivity contribution in [3.05, 3.63) is 80.0 Å². The molecule has 2 aliphatic heterocycles. The molecule has 40 heavy (non-hydrogen) atoms. The highest BCUT2D eigenvalue weighted by molar-refractivity contribution is 7.80. The number of nitriles is 1. The molecule has 0 aliphatic carbocycles. The Labute approximate surface area is 238 Å². The first kappa shape index (κ1) is 30.3. The molecule has 0 amide bonds. The third kappa shape index (κ3) is 8.36. The molecule has 2 heterocycles. The number of nitrogens with one attached hydrogen (secondary N) is 1. The lowest BCUT2D eigenvalue weighted by atomic mass is 10.2. The highest BCUT2D eigenvalue weighted by Crippen LogP contribution is 2.22. The van der Waals surface area contributed by atoms with E-state index in [1.165, 1.54) is 12.1 Å². The van der Waals surface area contributed by atoms with Gasteiger partial charge in [0.05, 0.1) is 9.85 Å². The van der Waals surface area contributed by atoms with Crippen molar-refractivity contribution in [2.75, 3.05) is 62.2 Å². The minimum atomic E-state index is -0.402. The Morgan fingerprint density at radius 2 is 1.38 bits per heavy atom. The van der Waals surface area contributed by atoms with Gasteiger partial charge in [0, 0.05) is 87.2 Å². The number of nitrogens with two attached hydrogens (primary N) is 1. The van der Waals surface area contributed by atoms with E-state index in [-0.39, 0.29) is 21.3 Å². The van der Waals surface area contributed by atoms with E-state index in [0.717, 1.165) is 82.3 Å². The van der Waals surface area contributed by atoms with Gasteiger partial charge in [-0.15, -0.1) is 0 Å². The first-order valence-electron chi connectivity index (χ1n) is 13.1. The average molecular weight is 567 g/mol. The summed E-state index contributed by atoms with van der Waals surface area (Å²) in [5.74, 6) is 0. The van der Waals surface area contributed by atoms with Crippen LogP contribution >= 0.6 is 12.2 Å². The SMILES string of the molecule is C/C(=C(\C#N)C(N)=S)N1CCCN(c2ccc([N+](=O)[O-])cc2)CC1.O=[N+]([O-])c1ccc(N2CCCNCC2)cc1. The van der Waals surface area contributed by atoms with E-state index < -0.39 is 4.92 Å². The molecule has 2 saturated heterocycles. The molecule has 212 valence electrons. The van der Waals surface area contributed by atoms with Crippen molar-refractivity contribution >= 4 is 40.0 Å². The third-order valence-electron chi connectivity index (χ3n) is 6.88. The fourth-order valence-electron chi connectivity index (χ4n) is 4.66. The third-order valence-corrected chi connectivity index (χ3v) is 7.09. The summed E-state index contributed by atoms with van der Waals surface area (Å²) in [6.07, 6.45) is 2.02. The standard InChI is InChI=1S/C16H19N5O2S.C11H15N3O2/c1-12(15(11-17)16(18)24)19-7-2-8-20(10-9-19)13-3-5-14(6-4-13)21(22)23;15-14(16)11-4-2-10(3-5-11)13-8-1-6-12-7-9-13/h3-6H,2,7-10H2,1H3,(H2,18,24);2-5,12H,1,6-9H2/b15-12-;. The number of hydrogen-bond acceptors (Lipinski definition) is 10. The van der Waals surface area contributed by atoms with Crippen LogP contribution < -0.4 is 20.9 Å². The Hall–Kier alpha value is -4.28. The normalized spacial score (nSPS) is 16.4. The molecule has 2 fully saturated rings. The molecule has 2 aromatic carbocycles. The number of nitro benzene ring substituents is 2. The molecule has 3 N–H and O–H groups in total. The van der Waals surface area contributed by atoms with Gasteiger partial charge in [0.1, 0.15) is 16.6 Å². The van der Waals surface area contributed by atoms with Crippen LogP contribution in [-0.2, 0) is 0 Å². The van der Waals surface area contributed by atoms with Crippen molar-refractivity contribution in [2.24, 2.45) is 5.73 Å². The van der Waals surface area contributed by atoms with Crippen molar-refractivity contribution in [2.45, 2.75) is 19.8 Å². The van der Waals surface area contributed by atoms with E-state index in [0.29, 0.717) is 5.57 Å². The Bertz CT molecular complexity index is 1250. The molecular weight excluding hydrogens is 532 g/mol. The fraction of sp³-hybridized carbons (Fsp3) is 0.407. The Morgan fingerprint density at radius 3 is 1.88 bits per heavy atom. The molecule has 0 bridgehead atoms. The maximum atomic E-state index is 10.7. The van der Waals surface area contributed by atoms with Crippen LogP contribution in [0.25, 0.3) is 0 Å². The first-order valence-corrected chi connectivity index (χ1v) is 13.5. The van der Waals surface area contributed by atoms with Crippen LogP contribution in [0.1, 0.15) is 19.8 Å². The summed E-state index contributed by atoms with van der Waals surface area (Å²) in [7, 11) is 0. The van der Waals surface area contributed by atoms with E-state index in [2.05, 4.69) is 26.1 Å². The fourth-order valence-corrected chi connectivity index (χ4v) is 4.85. The van der Waals surface area contributed by atoms with E-state index in [1.807, 2.05) is 19.1 Å². The summed E-state index contributed by atoms with van der Waals surface area (Å²) in [6.45, 7) is 8.98. The van der Waals surface area contributed by atoms with Crippen molar-refractivity contribution in [3.8, 4) is 6.07 Å². The van der Waals surface area contributed by atoms with Crippen molar-refractivity contribution in [1.29, 1.82) is 5.26 Å². The largest absolute Gasteiger partial charge is 0.389 e. The van der Waals surface area contributed by atoms with Crippen LogP contribution in [0.4, 0.5) is 22.7 Å². The van der Waals surface area contributed by atoms with Gasteiger partial charge in [0.2, 0.25) is 0 Å². The van der Waals surface area contributed by atoms with Gasteiger partial charge in [0.25, 0.3) is 11.4 Å². The second-order valence-corrected chi connectivity index (χ2v) is 9.84. The molecule has 2 aliphatic rings. The van der Waals surface area contributed by atoms with E-state index >= 15 is 0 Å². The van der Waals surface area contributed by atoms with Crippen LogP contribution in [0.5, 0.6) is 0 Å². The number of non-ortho nitro benzene ring substituents is 2. The Kier molecular flexibility index (Phi) is 11.2. The van der Waals surface area contributed by atoms with Crippen LogP contribution in [0.2, 0.25) is 0 Å². The zero-order chi connectivity index (χ0) is 29.1. The number of thiocarbonyl (C=S) groups is 1. The number of benzene rings is 2. The number of allylic oxidation sites excluding steroid dienone is 1. The van der Waals surface area contributed by atoms with Gasteiger partial charge >= 0.3 is 0 Å². The smallest absolute Gasteiger partial charge is 0.269 e. The minimum absolute atomic E-state index is 0.0871. The maximum Gasteiger partial charge on any atom is 0.269 e. The zero-order valence-electron chi connectivity index (χ0n) is 22.5. The maximum absolute atomic E-state index is 10.7. The summed E-state index contributed by atoms with van der Waals surface area (Å²) in [5, 5.41) is 33.8. The monoisotopic (exact) mass is 566 g/mol. The van der Waals surface area contributed by atoms with Crippen molar-refractivity contribution in [1.82, 2.24) is 10.2 Å². The van der Waals surface area contributed by atoms with E-state index in [1.54, 1.807) is 24.3 Å².